The van der Waals surface area contributed by atoms with Gasteiger partial charge in [-0.15, -0.1) is 0 Å². The van der Waals surface area contributed by atoms with Crippen molar-refractivity contribution in [3.05, 3.63) is 11.8 Å². The third-order valence-corrected chi connectivity index (χ3v) is 2.68. The SMILES string of the molecule is CCCN(CCN(C)C)c1nc(NN)ncc1C. The molecule has 1 aromatic heterocycles. The zero-order chi connectivity index (χ0) is 13.5. The van der Waals surface area contributed by atoms with Crippen molar-refractivity contribution >= 4 is 11.8 Å². The Kier molecular flexibility index (Phi) is 5.80. The number of aryl methyl sites for hydroxylation is 1. The van der Waals surface area contributed by atoms with Crippen LogP contribution in [-0.2, 0) is 0 Å². The predicted octanol–water partition coefficient (Wildman–Crippen LogP) is 0.849. The molecule has 1 rings (SSSR count). The van der Waals surface area contributed by atoms with Crippen LogP contribution in [0.4, 0.5) is 11.8 Å². The maximum Gasteiger partial charge on any atom is 0.239 e. The van der Waals surface area contributed by atoms with Gasteiger partial charge in [0.15, 0.2) is 0 Å². The van der Waals surface area contributed by atoms with Crippen molar-refractivity contribution in [2.24, 2.45) is 5.84 Å². The van der Waals surface area contributed by atoms with E-state index in [1.54, 1.807) is 6.20 Å². The number of nitrogens with two attached hydrogens (primary N) is 1. The molecule has 0 aliphatic heterocycles. The summed E-state index contributed by atoms with van der Waals surface area (Å²) in [6.07, 6.45) is 2.89. The Labute approximate surface area is 109 Å². The summed E-state index contributed by atoms with van der Waals surface area (Å²) in [5.74, 6) is 6.78. The van der Waals surface area contributed by atoms with Crippen molar-refractivity contribution in [2.75, 3.05) is 44.1 Å². The van der Waals surface area contributed by atoms with Gasteiger partial charge in [0.2, 0.25) is 5.95 Å². The van der Waals surface area contributed by atoms with Crippen LogP contribution >= 0.6 is 0 Å². The molecule has 0 saturated carbocycles. The zero-order valence-electron chi connectivity index (χ0n) is 11.8. The Morgan fingerprint density at radius 1 is 1.28 bits per heavy atom. The first-order chi connectivity index (χ1) is 8.58. The lowest BCUT2D eigenvalue weighted by molar-refractivity contribution is 0.412. The third kappa shape index (κ3) is 4.12. The molecule has 0 radical (unpaired) electrons. The van der Waals surface area contributed by atoms with Crippen LogP contribution in [0.3, 0.4) is 0 Å². The number of likely N-dealkylation sites (N-methyl/N-ethyl adjacent to an activating group) is 1. The second-order valence-electron chi connectivity index (χ2n) is 4.63. The highest BCUT2D eigenvalue weighted by atomic mass is 15.3. The summed E-state index contributed by atoms with van der Waals surface area (Å²) >= 11 is 0. The molecule has 0 aliphatic carbocycles. The first kappa shape index (κ1) is 14.7. The number of nitrogens with one attached hydrogen (secondary N) is 1. The van der Waals surface area contributed by atoms with E-state index in [1.807, 2.05) is 6.92 Å². The van der Waals surface area contributed by atoms with Crippen LogP contribution in [0, 0.1) is 6.92 Å². The predicted molar refractivity (Wildman–Crippen MR) is 75.6 cm³/mol. The van der Waals surface area contributed by atoms with E-state index in [4.69, 9.17) is 5.84 Å². The molecule has 0 bridgehead atoms. The Balaban J connectivity index is 2.89. The van der Waals surface area contributed by atoms with E-state index in [2.05, 4.69) is 46.2 Å². The average Bonchev–Trinajstić information content (AvgIpc) is 2.35. The van der Waals surface area contributed by atoms with Crippen LogP contribution in [0.2, 0.25) is 0 Å². The quantitative estimate of drug-likeness (QED) is 0.554. The Hall–Kier alpha value is -1.40. The van der Waals surface area contributed by atoms with Crippen LogP contribution in [0.1, 0.15) is 18.9 Å². The van der Waals surface area contributed by atoms with Gasteiger partial charge in [-0.3, -0.25) is 5.43 Å². The fraction of sp³-hybridized carbons (Fsp3) is 0.667. The molecule has 1 aromatic rings. The molecule has 0 amide bonds. The van der Waals surface area contributed by atoms with Gasteiger partial charge in [-0.2, -0.15) is 4.98 Å². The maximum absolute atomic E-state index is 5.36. The second-order valence-corrected chi connectivity index (χ2v) is 4.63. The lowest BCUT2D eigenvalue weighted by Crippen LogP contribution is -2.33. The fourth-order valence-electron chi connectivity index (χ4n) is 1.74. The largest absolute Gasteiger partial charge is 0.355 e. The third-order valence-electron chi connectivity index (χ3n) is 2.68. The van der Waals surface area contributed by atoms with Gasteiger partial charge in [-0.05, 0) is 27.4 Å². The number of hydrogen-bond donors (Lipinski definition) is 2. The molecule has 1 heterocycles. The minimum Gasteiger partial charge on any atom is -0.355 e. The number of anilines is 2. The first-order valence-corrected chi connectivity index (χ1v) is 6.28. The van der Waals surface area contributed by atoms with E-state index in [0.717, 1.165) is 37.4 Å². The van der Waals surface area contributed by atoms with Crippen molar-refractivity contribution in [3.63, 3.8) is 0 Å². The van der Waals surface area contributed by atoms with E-state index in [0.29, 0.717) is 5.95 Å². The van der Waals surface area contributed by atoms with Crippen LogP contribution in [0.15, 0.2) is 6.20 Å². The van der Waals surface area contributed by atoms with Crippen molar-refractivity contribution in [2.45, 2.75) is 20.3 Å². The van der Waals surface area contributed by atoms with Crippen LogP contribution < -0.4 is 16.2 Å². The van der Waals surface area contributed by atoms with Crippen molar-refractivity contribution in [1.82, 2.24) is 14.9 Å². The van der Waals surface area contributed by atoms with E-state index in [-0.39, 0.29) is 0 Å². The molecule has 102 valence electrons. The smallest absolute Gasteiger partial charge is 0.239 e. The van der Waals surface area contributed by atoms with Gasteiger partial charge in [0.1, 0.15) is 5.82 Å². The van der Waals surface area contributed by atoms with E-state index < -0.39 is 0 Å². The molecule has 0 atom stereocenters. The number of nitrogen functional groups attached to an aromatic ring is 1. The summed E-state index contributed by atoms with van der Waals surface area (Å²) in [5, 5.41) is 0. The van der Waals surface area contributed by atoms with Gasteiger partial charge < -0.3 is 9.80 Å². The fourth-order valence-corrected chi connectivity index (χ4v) is 1.74. The summed E-state index contributed by atoms with van der Waals surface area (Å²) in [6.45, 7) is 7.11. The van der Waals surface area contributed by atoms with Crippen LogP contribution in [0.5, 0.6) is 0 Å². The molecule has 6 nitrogen and oxygen atoms in total. The highest BCUT2D eigenvalue weighted by Crippen LogP contribution is 2.17. The molecular weight excluding hydrogens is 228 g/mol. The monoisotopic (exact) mass is 252 g/mol. The molecule has 0 fully saturated rings. The summed E-state index contributed by atoms with van der Waals surface area (Å²) in [5.41, 5.74) is 3.57. The normalized spacial score (nSPS) is 10.8. The van der Waals surface area contributed by atoms with Gasteiger partial charge >= 0.3 is 0 Å². The minimum absolute atomic E-state index is 0.460. The van der Waals surface area contributed by atoms with Crippen LogP contribution in [-0.4, -0.2) is 48.6 Å². The maximum atomic E-state index is 5.36. The van der Waals surface area contributed by atoms with Gasteiger partial charge in [0, 0.05) is 31.4 Å². The van der Waals surface area contributed by atoms with Gasteiger partial charge in [-0.1, -0.05) is 6.92 Å². The standard InChI is InChI=1S/C12H24N6/c1-5-6-18(8-7-17(3)4)11-10(2)9-14-12(15-11)16-13/h9H,5-8,13H2,1-4H3,(H,14,15,16). The molecule has 0 unspecified atom stereocenters. The molecule has 0 aliphatic rings. The molecule has 6 heteroatoms. The second kappa shape index (κ2) is 7.13. The Morgan fingerprint density at radius 3 is 2.56 bits per heavy atom. The summed E-state index contributed by atoms with van der Waals surface area (Å²) in [4.78, 5) is 13.0. The van der Waals surface area contributed by atoms with Crippen molar-refractivity contribution < 1.29 is 0 Å². The molecule has 18 heavy (non-hydrogen) atoms. The first-order valence-electron chi connectivity index (χ1n) is 6.28. The average molecular weight is 252 g/mol. The van der Waals surface area contributed by atoms with E-state index in [1.165, 1.54) is 0 Å². The molecular formula is C12H24N6. The highest BCUT2D eigenvalue weighted by Gasteiger charge is 2.11. The Bertz CT molecular complexity index is 366. The van der Waals surface area contributed by atoms with Crippen molar-refractivity contribution in [1.29, 1.82) is 0 Å². The number of nitrogens with zero attached hydrogens (tertiary/aromatic N) is 4. The lowest BCUT2D eigenvalue weighted by atomic mass is 10.3. The molecule has 0 saturated heterocycles. The van der Waals surface area contributed by atoms with Crippen molar-refractivity contribution in [3.8, 4) is 0 Å². The van der Waals surface area contributed by atoms with Gasteiger partial charge in [0.25, 0.3) is 0 Å². The molecule has 0 spiro atoms. The number of rotatable bonds is 7. The van der Waals surface area contributed by atoms with E-state index in [9.17, 15) is 0 Å². The highest BCUT2D eigenvalue weighted by molar-refractivity contribution is 5.48. The summed E-state index contributed by atoms with van der Waals surface area (Å²) in [6, 6.07) is 0. The molecule has 3 N–H and O–H groups in total. The number of hydrogen-bond acceptors (Lipinski definition) is 6. The summed E-state index contributed by atoms with van der Waals surface area (Å²) < 4.78 is 0. The number of aromatic nitrogens is 2. The lowest BCUT2D eigenvalue weighted by Gasteiger charge is -2.26. The Morgan fingerprint density at radius 2 is 2.00 bits per heavy atom. The van der Waals surface area contributed by atoms with Gasteiger partial charge in [-0.25, -0.2) is 10.8 Å². The minimum atomic E-state index is 0.460. The number of hydrazine groups is 1. The molecule has 0 aromatic carbocycles. The topological polar surface area (TPSA) is 70.3 Å². The zero-order valence-corrected chi connectivity index (χ0v) is 11.8. The summed E-state index contributed by atoms with van der Waals surface area (Å²) in [7, 11) is 4.15. The van der Waals surface area contributed by atoms with Gasteiger partial charge in [0.05, 0.1) is 0 Å². The van der Waals surface area contributed by atoms with Crippen LogP contribution in [0.25, 0.3) is 0 Å². The van der Waals surface area contributed by atoms with E-state index >= 15 is 0 Å².